The molecule has 0 spiro atoms. The fraction of sp³-hybridized carbons (Fsp3) is 0.150. The van der Waals surface area contributed by atoms with Crippen molar-refractivity contribution < 1.29 is 0 Å². The monoisotopic (exact) mass is 374 g/mol. The normalized spacial score (nSPS) is 12.0. The van der Waals surface area contributed by atoms with Crippen LogP contribution in [0.25, 0.3) is 10.8 Å². The lowest BCUT2D eigenvalue weighted by Gasteiger charge is -2.15. The predicted molar refractivity (Wildman–Crippen MR) is 106 cm³/mol. The molecule has 3 aromatic heterocycles. The van der Waals surface area contributed by atoms with Crippen molar-refractivity contribution in [3.63, 3.8) is 0 Å². The molecule has 1 atom stereocenters. The first kappa shape index (κ1) is 17.6. The number of pyridine rings is 1. The van der Waals surface area contributed by atoms with E-state index in [-0.39, 0.29) is 11.1 Å². The second-order valence-corrected chi connectivity index (χ2v) is 6.35. The Morgan fingerprint density at radius 2 is 1.96 bits per heavy atom. The van der Waals surface area contributed by atoms with E-state index in [2.05, 4.69) is 25.4 Å². The van der Waals surface area contributed by atoms with Gasteiger partial charge in [0.25, 0.3) is 11.1 Å². The number of nitrogens with zero attached hydrogens (tertiary/aromatic N) is 4. The molecule has 0 radical (unpaired) electrons. The summed E-state index contributed by atoms with van der Waals surface area (Å²) >= 11 is 0. The zero-order chi connectivity index (χ0) is 19.5. The van der Waals surface area contributed by atoms with Crippen LogP contribution in [0.4, 0.5) is 5.95 Å². The van der Waals surface area contributed by atoms with Crippen LogP contribution in [0, 0.1) is 0 Å². The first-order valence-electron chi connectivity index (χ1n) is 8.83. The highest BCUT2D eigenvalue weighted by atomic mass is 16.1. The van der Waals surface area contributed by atoms with Crippen molar-refractivity contribution in [3.05, 3.63) is 93.0 Å². The van der Waals surface area contributed by atoms with Gasteiger partial charge in [0.05, 0.1) is 35.6 Å². The van der Waals surface area contributed by atoms with Crippen LogP contribution in [-0.2, 0) is 6.54 Å². The zero-order valence-corrected chi connectivity index (χ0v) is 15.2. The van der Waals surface area contributed by atoms with E-state index in [4.69, 9.17) is 0 Å². The van der Waals surface area contributed by atoms with E-state index in [0.717, 1.165) is 11.1 Å². The molecule has 0 aliphatic rings. The molecule has 28 heavy (non-hydrogen) atoms. The molecule has 0 aliphatic carbocycles. The molecule has 0 fully saturated rings. The fourth-order valence-corrected chi connectivity index (χ4v) is 2.96. The van der Waals surface area contributed by atoms with Gasteiger partial charge in [0.1, 0.15) is 0 Å². The van der Waals surface area contributed by atoms with Gasteiger partial charge in [-0.15, -0.1) is 0 Å². The quantitative estimate of drug-likeness (QED) is 0.554. The first-order chi connectivity index (χ1) is 13.6. The van der Waals surface area contributed by atoms with Crippen molar-refractivity contribution in [3.8, 4) is 0 Å². The van der Waals surface area contributed by atoms with Crippen molar-refractivity contribution in [1.29, 1.82) is 0 Å². The lowest BCUT2D eigenvalue weighted by Crippen LogP contribution is -2.28. The van der Waals surface area contributed by atoms with Crippen LogP contribution in [0.2, 0.25) is 0 Å². The minimum Gasteiger partial charge on any atom is -0.350 e. The van der Waals surface area contributed by atoms with E-state index in [1.54, 1.807) is 25.4 Å². The van der Waals surface area contributed by atoms with Gasteiger partial charge in [-0.1, -0.05) is 24.3 Å². The van der Waals surface area contributed by atoms with Gasteiger partial charge in [-0.2, -0.15) is 5.10 Å². The standard InChI is InChI=1S/C20H18N6O2/c1-13(26-19(28)16-8-3-2-6-14(16)11-23-26)17-10-18(27)25-20(24-17)22-12-15-7-4-5-9-21-15/h2-11,13H,12H2,1H3,(H2,22,24,25,27)/t13-/m0/s1. The number of nitrogens with one attached hydrogen (secondary N) is 2. The summed E-state index contributed by atoms with van der Waals surface area (Å²) in [5.41, 5.74) is 0.720. The van der Waals surface area contributed by atoms with Crippen LogP contribution < -0.4 is 16.4 Å². The van der Waals surface area contributed by atoms with Crippen LogP contribution in [0.15, 0.2) is 70.5 Å². The summed E-state index contributed by atoms with van der Waals surface area (Å²) in [5, 5.41) is 8.66. The van der Waals surface area contributed by atoms with Gasteiger partial charge in [0, 0.05) is 17.6 Å². The fourth-order valence-electron chi connectivity index (χ4n) is 2.96. The molecule has 8 nitrogen and oxygen atoms in total. The Morgan fingerprint density at radius 1 is 1.14 bits per heavy atom. The summed E-state index contributed by atoms with van der Waals surface area (Å²) in [6.07, 6.45) is 3.34. The highest BCUT2D eigenvalue weighted by Gasteiger charge is 2.15. The maximum atomic E-state index is 12.8. The highest BCUT2D eigenvalue weighted by Crippen LogP contribution is 2.15. The number of rotatable bonds is 5. The third-order valence-corrected chi connectivity index (χ3v) is 4.44. The molecule has 4 rings (SSSR count). The maximum absolute atomic E-state index is 12.8. The van der Waals surface area contributed by atoms with Gasteiger partial charge < -0.3 is 5.32 Å². The van der Waals surface area contributed by atoms with Crippen molar-refractivity contribution >= 4 is 16.7 Å². The highest BCUT2D eigenvalue weighted by molar-refractivity contribution is 5.80. The maximum Gasteiger partial charge on any atom is 0.275 e. The Balaban J connectivity index is 1.65. The zero-order valence-electron chi connectivity index (χ0n) is 15.2. The summed E-state index contributed by atoms with van der Waals surface area (Å²) in [7, 11) is 0. The molecule has 0 amide bonds. The molecule has 0 unspecified atom stereocenters. The van der Waals surface area contributed by atoms with Crippen LogP contribution in [0.5, 0.6) is 0 Å². The Hall–Kier alpha value is -3.81. The molecule has 0 bridgehead atoms. The molecule has 3 heterocycles. The third kappa shape index (κ3) is 3.52. The van der Waals surface area contributed by atoms with Gasteiger partial charge in [-0.05, 0) is 25.1 Å². The topological polar surface area (TPSA) is 106 Å². The SMILES string of the molecule is C[C@@H](c1cc(=O)[nH]c(NCc2ccccn2)n1)n1ncc2ccccc2c1=O. The van der Waals surface area contributed by atoms with E-state index >= 15 is 0 Å². The summed E-state index contributed by atoms with van der Waals surface area (Å²) in [5.74, 6) is 0.314. The van der Waals surface area contributed by atoms with Crippen molar-refractivity contribution in [2.24, 2.45) is 0 Å². The minimum atomic E-state index is -0.505. The Morgan fingerprint density at radius 3 is 2.79 bits per heavy atom. The van der Waals surface area contributed by atoms with Gasteiger partial charge in [-0.25, -0.2) is 9.67 Å². The molecule has 0 saturated carbocycles. The van der Waals surface area contributed by atoms with Crippen molar-refractivity contribution in [2.75, 3.05) is 5.32 Å². The summed E-state index contributed by atoms with van der Waals surface area (Å²) < 4.78 is 1.34. The number of benzene rings is 1. The number of anilines is 1. The van der Waals surface area contributed by atoms with E-state index in [1.807, 2.05) is 36.4 Å². The second-order valence-electron chi connectivity index (χ2n) is 6.35. The Labute approximate surface area is 159 Å². The number of H-pyrrole nitrogens is 1. The molecule has 140 valence electrons. The molecule has 2 N–H and O–H groups in total. The predicted octanol–water partition coefficient (Wildman–Crippen LogP) is 2.10. The minimum absolute atomic E-state index is 0.226. The molecular weight excluding hydrogens is 356 g/mol. The van der Waals surface area contributed by atoms with Crippen LogP contribution in [0.3, 0.4) is 0 Å². The Bertz CT molecular complexity index is 1230. The van der Waals surface area contributed by atoms with Crippen LogP contribution in [-0.4, -0.2) is 24.7 Å². The molecular formula is C20H18N6O2. The van der Waals surface area contributed by atoms with Gasteiger partial charge in [0.15, 0.2) is 0 Å². The van der Waals surface area contributed by atoms with Crippen LogP contribution in [0.1, 0.15) is 24.4 Å². The number of hydrogen-bond donors (Lipinski definition) is 2. The van der Waals surface area contributed by atoms with Crippen molar-refractivity contribution in [1.82, 2.24) is 24.7 Å². The van der Waals surface area contributed by atoms with E-state index < -0.39 is 6.04 Å². The molecule has 0 saturated heterocycles. The number of hydrogen-bond acceptors (Lipinski definition) is 6. The molecule has 1 aromatic carbocycles. The number of aromatic amines is 1. The first-order valence-corrected chi connectivity index (χ1v) is 8.83. The average Bonchev–Trinajstić information content (AvgIpc) is 2.73. The van der Waals surface area contributed by atoms with Gasteiger partial charge >= 0.3 is 0 Å². The largest absolute Gasteiger partial charge is 0.350 e. The number of aromatic nitrogens is 5. The van der Waals surface area contributed by atoms with Gasteiger partial charge in [0.2, 0.25) is 5.95 Å². The smallest absolute Gasteiger partial charge is 0.275 e. The van der Waals surface area contributed by atoms with E-state index in [9.17, 15) is 9.59 Å². The summed E-state index contributed by atoms with van der Waals surface area (Å²) in [4.78, 5) is 36.2. The van der Waals surface area contributed by atoms with E-state index in [0.29, 0.717) is 23.6 Å². The molecule has 8 heteroatoms. The summed E-state index contributed by atoms with van der Waals surface area (Å²) in [6.45, 7) is 2.20. The number of fused-ring (bicyclic) bond motifs is 1. The molecule has 4 aromatic rings. The third-order valence-electron chi connectivity index (χ3n) is 4.44. The lowest BCUT2D eigenvalue weighted by atomic mass is 10.2. The van der Waals surface area contributed by atoms with Crippen LogP contribution >= 0.6 is 0 Å². The summed E-state index contributed by atoms with van der Waals surface area (Å²) in [6, 6.07) is 13.7. The average molecular weight is 374 g/mol. The Kier molecular flexibility index (Phi) is 4.67. The second kappa shape index (κ2) is 7.43. The van der Waals surface area contributed by atoms with Crippen molar-refractivity contribution in [2.45, 2.75) is 19.5 Å². The lowest BCUT2D eigenvalue weighted by molar-refractivity contribution is 0.524. The van der Waals surface area contributed by atoms with Gasteiger partial charge in [-0.3, -0.25) is 19.6 Å². The van der Waals surface area contributed by atoms with E-state index in [1.165, 1.54) is 10.7 Å². The molecule has 0 aliphatic heterocycles.